The van der Waals surface area contributed by atoms with Crippen LogP contribution < -0.4 is 15.5 Å². The van der Waals surface area contributed by atoms with Crippen LogP contribution in [0.5, 0.6) is 0 Å². The molecular weight excluding hydrogens is 509 g/mol. The van der Waals surface area contributed by atoms with E-state index in [2.05, 4.69) is 15.0 Å². The molecule has 0 bridgehead atoms. The zero-order valence-corrected chi connectivity index (χ0v) is 20.7. The number of nitrogens with zero attached hydrogens (tertiary/aromatic N) is 1. The van der Waals surface area contributed by atoms with Crippen molar-refractivity contribution in [3.8, 4) is 0 Å². The number of para-hydroxylation sites is 1. The van der Waals surface area contributed by atoms with Crippen LogP contribution >= 0.6 is 0 Å². The van der Waals surface area contributed by atoms with Crippen molar-refractivity contribution < 1.29 is 26.4 Å². The van der Waals surface area contributed by atoms with E-state index < -0.39 is 34.0 Å². The third-order valence-corrected chi connectivity index (χ3v) is 7.35. The van der Waals surface area contributed by atoms with E-state index in [-0.39, 0.29) is 33.6 Å². The molecule has 4 rings (SSSR count). The minimum atomic E-state index is -4.55. The average molecular weight is 537 g/mol. The van der Waals surface area contributed by atoms with Crippen molar-refractivity contribution in [1.82, 2.24) is 9.88 Å². The minimum absolute atomic E-state index is 0.0759. The Morgan fingerprint density at radius 2 is 1.73 bits per heavy atom. The molecule has 198 valence electrons. The number of carbonyl (C=O) groups excluding carboxylic acids is 1. The molecule has 1 aliphatic rings. The van der Waals surface area contributed by atoms with Crippen LogP contribution in [0.15, 0.2) is 53.5 Å². The van der Waals surface area contributed by atoms with Crippen molar-refractivity contribution in [3.05, 3.63) is 70.0 Å². The van der Waals surface area contributed by atoms with E-state index in [4.69, 9.17) is 0 Å². The van der Waals surface area contributed by atoms with Gasteiger partial charge in [-0.25, -0.2) is 8.42 Å². The van der Waals surface area contributed by atoms with Crippen LogP contribution in [-0.2, 0) is 16.4 Å². The lowest BCUT2D eigenvalue weighted by molar-refractivity contribution is -0.127. The van der Waals surface area contributed by atoms with Gasteiger partial charge in [0.1, 0.15) is 5.56 Å². The third-order valence-electron chi connectivity index (χ3n) is 6.09. The van der Waals surface area contributed by atoms with Crippen molar-refractivity contribution in [1.29, 1.82) is 0 Å². The Labute approximate surface area is 211 Å². The van der Waals surface area contributed by atoms with Gasteiger partial charge in [-0.1, -0.05) is 18.6 Å². The molecule has 0 radical (unpaired) electrons. The van der Waals surface area contributed by atoms with Crippen LogP contribution in [0.3, 0.4) is 0 Å². The maximum atomic E-state index is 13.1. The number of alkyl halides is 3. The number of fused-ring (bicyclic) bond motifs is 1. The number of sulfonamides is 1. The summed E-state index contributed by atoms with van der Waals surface area (Å²) in [5.74, 6) is -1.06. The Morgan fingerprint density at radius 1 is 1.03 bits per heavy atom. The van der Waals surface area contributed by atoms with Gasteiger partial charge in [0.15, 0.2) is 0 Å². The van der Waals surface area contributed by atoms with Gasteiger partial charge >= 0.3 is 6.18 Å². The van der Waals surface area contributed by atoms with Gasteiger partial charge in [-0.15, -0.1) is 0 Å². The molecule has 1 amide bonds. The molecule has 1 fully saturated rings. The minimum Gasteiger partial charge on any atom is -0.360 e. The van der Waals surface area contributed by atoms with E-state index in [1.165, 1.54) is 12.3 Å². The number of hydrogen-bond donors (Lipinski definition) is 3. The Kier molecular flexibility index (Phi) is 7.88. The van der Waals surface area contributed by atoms with Crippen molar-refractivity contribution in [2.24, 2.45) is 0 Å². The monoisotopic (exact) mass is 536 g/mol. The summed E-state index contributed by atoms with van der Waals surface area (Å²) in [6.07, 6.45) is -1.55. The summed E-state index contributed by atoms with van der Waals surface area (Å²) in [5.41, 5.74) is -0.680. The topological polar surface area (TPSA) is 111 Å². The fourth-order valence-electron chi connectivity index (χ4n) is 4.35. The molecule has 0 spiro atoms. The molecule has 1 aliphatic heterocycles. The first-order valence-corrected chi connectivity index (χ1v) is 13.5. The number of pyridine rings is 1. The molecule has 3 N–H and O–H groups in total. The number of piperidine rings is 1. The highest BCUT2D eigenvalue weighted by Crippen LogP contribution is 2.27. The van der Waals surface area contributed by atoms with Crippen LogP contribution in [0.25, 0.3) is 10.9 Å². The number of halogens is 3. The molecule has 0 unspecified atom stereocenters. The number of likely N-dealkylation sites (tertiary alicyclic amines) is 1. The maximum absolute atomic E-state index is 13.1. The number of hydrogen-bond acceptors (Lipinski definition) is 5. The molecule has 12 heteroatoms. The lowest BCUT2D eigenvalue weighted by Crippen LogP contribution is -2.35. The highest BCUT2D eigenvalue weighted by atomic mass is 32.2. The van der Waals surface area contributed by atoms with E-state index in [0.29, 0.717) is 12.1 Å². The van der Waals surface area contributed by atoms with Gasteiger partial charge in [-0.2, -0.15) is 13.2 Å². The smallest absolute Gasteiger partial charge is 0.360 e. The molecular formula is C25H27F3N4O4S. The zero-order chi connectivity index (χ0) is 26.6. The number of anilines is 2. The molecule has 1 saturated heterocycles. The predicted octanol–water partition coefficient (Wildman–Crippen LogP) is 4.11. The van der Waals surface area contributed by atoms with Gasteiger partial charge in [0.2, 0.25) is 15.5 Å². The fraction of sp³-hybridized carbons (Fsp3) is 0.360. The van der Waals surface area contributed by atoms with E-state index in [9.17, 15) is 31.2 Å². The summed E-state index contributed by atoms with van der Waals surface area (Å²) >= 11 is 0. The second-order valence-corrected chi connectivity index (χ2v) is 10.9. The van der Waals surface area contributed by atoms with Gasteiger partial charge in [0.25, 0.3) is 5.91 Å². The first kappa shape index (κ1) is 26.7. The summed E-state index contributed by atoms with van der Waals surface area (Å²) < 4.78 is 67.0. The Morgan fingerprint density at radius 3 is 2.46 bits per heavy atom. The van der Waals surface area contributed by atoms with Gasteiger partial charge in [-0.3, -0.25) is 14.3 Å². The summed E-state index contributed by atoms with van der Waals surface area (Å²) in [6.45, 7) is 1.92. The number of amides is 1. The first-order chi connectivity index (χ1) is 17.5. The van der Waals surface area contributed by atoms with Crippen LogP contribution in [0.1, 0.15) is 35.2 Å². The number of aromatic amines is 1. The Hall–Kier alpha value is -3.38. The van der Waals surface area contributed by atoms with E-state index in [1.54, 1.807) is 24.3 Å². The highest BCUT2D eigenvalue weighted by Gasteiger charge is 2.28. The number of H-pyrrole nitrogens is 1. The van der Waals surface area contributed by atoms with Crippen molar-refractivity contribution >= 4 is 38.2 Å². The SMILES string of the molecule is O=C(Nc1cc(CC(F)(F)F)cc(NS(=O)(=O)CCN2CCCCC2)c1)c1c[nH]c2ccccc2c1=O. The number of nitrogens with one attached hydrogen (secondary N) is 3. The van der Waals surface area contributed by atoms with Crippen LogP contribution in [0, 0.1) is 0 Å². The van der Waals surface area contributed by atoms with Crippen LogP contribution in [-0.4, -0.2) is 55.8 Å². The Bertz CT molecular complexity index is 1450. The molecule has 37 heavy (non-hydrogen) atoms. The fourth-order valence-corrected chi connectivity index (χ4v) is 5.43. The van der Waals surface area contributed by atoms with Gasteiger partial charge in [0.05, 0.1) is 17.9 Å². The lowest BCUT2D eigenvalue weighted by atomic mass is 10.1. The second kappa shape index (κ2) is 10.9. The van der Waals surface area contributed by atoms with Gasteiger partial charge < -0.3 is 15.2 Å². The number of rotatable bonds is 8. The van der Waals surface area contributed by atoms with Gasteiger partial charge in [0, 0.05) is 29.3 Å². The van der Waals surface area contributed by atoms with Gasteiger partial charge in [-0.05, 0) is 61.8 Å². The van der Waals surface area contributed by atoms with Crippen molar-refractivity contribution in [2.45, 2.75) is 31.9 Å². The molecule has 2 heterocycles. The second-order valence-electron chi connectivity index (χ2n) is 9.06. The molecule has 1 aromatic heterocycles. The number of benzene rings is 2. The summed E-state index contributed by atoms with van der Waals surface area (Å²) in [6, 6.07) is 10.00. The molecule has 3 aromatic rings. The maximum Gasteiger partial charge on any atom is 0.393 e. The number of carbonyl (C=O) groups is 1. The third kappa shape index (κ3) is 7.32. The Balaban J connectivity index is 1.56. The lowest BCUT2D eigenvalue weighted by Gasteiger charge is -2.26. The van der Waals surface area contributed by atoms with Crippen LogP contribution in [0.2, 0.25) is 0 Å². The van der Waals surface area contributed by atoms with Crippen LogP contribution in [0.4, 0.5) is 24.5 Å². The average Bonchev–Trinajstić information content (AvgIpc) is 2.82. The van der Waals surface area contributed by atoms with E-state index >= 15 is 0 Å². The molecule has 2 aromatic carbocycles. The zero-order valence-electron chi connectivity index (χ0n) is 19.9. The summed E-state index contributed by atoms with van der Waals surface area (Å²) in [4.78, 5) is 30.5. The summed E-state index contributed by atoms with van der Waals surface area (Å²) in [5, 5.41) is 2.71. The molecule has 0 saturated carbocycles. The van der Waals surface area contributed by atoms with E-state index in [1.807, 2.05) is 4.90 Å². The number of aromatic nitrogens is 1. The summed E-state index contributed by atoms with van der Waals surface area (Å²) in [7, 11) is -3.86. The van der Waals surface area contributed by atoms with Crippen molar-refractivity contribution in [2.75, 3.05) is 35.4 Å². The molecule has 8 nitrogen and oxygen atoms in total. The van der Waals surface area contributed by atoms with Crippen molar-refractivity contribution in [3.63, 3.8) is 0 Å². The largest absolute Gasteiger partial charge is 0.393 e. The first-order valence-electron chi connectivity index (χ1n) is 11.8. The standard InChI is InChI=1S/C25H27F3N4O4S/c26-25(27,28)15-17-12-18(30-24(34)21-16-29-22-7-3-2-6-20(22)23(21)33)14-19(13-17)31-37(35,36)11-10-32-8-4-1-5-9-32/h2-3,6-7,12-14,16,31H,1,4-5,8-11,15H2,(H,29,33)(H,30,34). The van der Waals surface area contributed by atoms with E-state index in [0.717, 1.165) is 44.5 Å². The molecule has 0 atom stereocenters. The molecule has 0 aliphatic carbocycles. The quantitative estimate of drug-likeness (QED) is 0.401. The normalized spacial score (nSPS) is 15.0. The predicted molar refractivity (Wildman–Crippen MR) is 136 cm³/mol. The highest BCUT2D eigenvalue weighted by molar-refractivity contribution is 7.92.